The molecule has 0 aromatic heterocycles. The zero-order valence-corrected chi connectivity index (χ0v) is 12.5. The molecule has 0 aliphatic heterocycles. The van der Waals surface area contributed by atoms with Crippen molar-refractivity contribution >= 4 is 0 Å². The third-order valence-corrected chi connectivity index (χ3v) is 2.70. The van der Waals surface area contributed by atoms with Crippen LogP contribution in [0.25, 0.3) is 0 Å². The highest BCUT2D eigenvalue weighted by atomic mass is 16.5. The quantitative estimate of drug-likeness (QED) is 0.477. The van der Waals surface area contributed by atoms with Gasteiger partial charge in [-0.1, -0.05) is 31.9 Å². The largest absolute Gasteiger partial charge is 0.497 e. The average Bonchev–Trinajstić information content (AvgIpc) is 2.36. The maximum Gasteiger partial charge on any atom is 0.111 e. The Morgan fingerprint density at radius 2 is 1.58 bits per heavy atom. The van der Waals surface area contributed by atoms with Crippen LogP contribution in [-0.2, 0) is 9.47 Å². The van der Waals surface area contributed by atoms with E-state index < -0.39 is 0 Å². The summed E-state index contributed by atoms with van der Waals surface area (Å²) in [7, 11) is 3.24. The molecule has 0 heterocycles. The second-order valence-electron chi connectivity index (χ2n) is 4.38. The van der Waals surface area contributed by atoms with E-state index in [0.29, 0.717) is 12.4 Å². The molecule has 0 spiro atoms. The van der Waals surface area contributed by atoms with Crippen LogP contribution in [0.1, 0.15) is 13.8 Å². The molecule has 19 heavy (non-hydrogen) atoms. The van der Waals surface area contributed by atoms with Crippen molar-refractivity contribution in [3.05, 3.63) is 72.1 Å². The van der Waals surface area contributed by atoms with E-state index in [-0.39, 0.29) is 0 Å². The van der Waals surface area contributed by atoms with Gasteiger partial charge in [0.2, 0.25) is 0 Å². The van der Waals surface area contributed by atoms with E-state index in [1.165, 1.54) is 0 Å². The third-order valence-electron chi connectivity index (χ3n) is 2.70. The lowest BCUT2D eigenvalue weighted by molar-refractivity contribution is 0.227. The van der Waals surface area contributed by atoms with Gasteiger partial charge in [0.05, 0.1) is 13.7 Å². The van der Waals surface area contributed by atoms with Crippen LogP contribution in [0.4, 0.5) is 0 Å². The molecule has 0 aromatic rings. The highest BCUT2D eigenvalue weighted by molar-refractivity contribution is 5.51. The summed E-state index contributed by atoms with van der Waals surface area (Å²) >= 11 is 0. The van der Waals surface area contributed by atoms with E-state index in [9.17, 15) is 0 Å². The van der Waals surface area contributed by atoms with Gasteiger partial charge in [0.1, 0.15) is 5.76 Å². The molecule has 0 aliphatic rings. The van der Waals surface area contributed by atoms with E-state index in [0.717, 1.165) is 27.9 Å². The first-order valence-electron chi connectivity index (χ1n) is 5.98. The molecule has 0 N–H and O–H groups in total. The second kappa shape index (κ2) is 8.33. The zero-order valence-electron chi connectivity index (χ0n) is 12.5. The van der Waals surface area contributed by atoms with Crippen LogP contribution in [-0.4, -0.2) is 20.8 Å². The van der Waals surface area contributed by atoms with Gasteiger partial charge in [-0.3, -0.25) is 0 Å². The molecular formula is C17H24O2. The summed E-state index contributed by atoms with van der Waals surface area (Å²) in [5, 5.41) is 0. The molecule has 0 fully saturated rings. The molecule has 0 aliphatic carbocycles. The summed E-state index contributed by atoms with van der Waals surface area (Å²) in [4.78, 5) is 0. The van der Waals surface area contributed by atoms with Crippen molar-refractivity contribution in [1.82, 2.24) is 0 Å². The molecule has 2 nitrogen and oxygen atoms in total. The van der Waals surface area contributed by atoms with Crippen LogP contribution >= 0.6 is 0 Å². The minimum absolute atomic E-state index is 0.509. The van der Waals surface area contributed by atoms with Crippen molar-refractivity contribution in [2.75, 3.05) is 20.8 Å². The highest BCUT2D eigenvalue weighted by Crippen LogP contribution is 2.21. The van der Waals surface area contributed by atoms with Crippen LogP contribution in [0.5, 0.6) is 0 Å². The number of rotatable bonds is 8. The van der Waals surface area contributed by atoms with Gasteiger partial charge in [0.25, 0.3) is 0 Å². The third kappa shape index (κ3) is 6.07. The minimum atomic E-state index is 0.509. The first kappa shape index (κ1) is 17.2. The summed E-state index contributed by atoms with van der Waals surface area (Å²) in [6.07, 6.45) is 3.78. The van der Waals surface area contributed by atoms with Crippen LogP contribution in [0, 0.1) is 0 Å². The number of ether oxygens (including phenoxy) is 2. The lowest BCUT2D eigenvalue weighted by atomic mass is 9.98. The Hall–Kier alpha value is -1.80. The molecule has 0 saturated carbocycles. The molecule has 0 amide bonds. The number of hydrogen-bond donors (Lipinski definition) is 0. The van der Waals surface area contributed by atoms with Crippen LogP contribution in [0.3, 0.4) is 0 Å². The van der Waals surface area contributed by atoms with Gasteiger partial charge < -0.3 is 9.47 Å². The first-order valence-corrected chi connectivity index (χ1v) is 5.98. The van der Waals surface area contributed by atoms with Gasteiger partial charge in [-0.25, -0.2) is 0 Å². The highest BCUT2D eigenvalue weighted by Gasteiger charge is 2.04. The van der Waals surface area contributed by atoms with Gasteiger partial charge in [-0.2, -0.15) is 0 Å². The molecule has 0 unspecified atom stereocenters. The smallest absolute Gasteiger partial charge is 0.111 e. The predicted octanol–water partition coefficient (Wildman–Crippen LogP) is 4.35. The van der Waals surface area contributed by atoms with Gasteiger partial charge in [-0.05, 0) is 48.3 Å². The Kier molecular flexibility index (Phi) is 7.54. The molecule has 0 radical (unpaired) electrons. The second-order valence-corrected chi connectivity index (χ2v) is 4.38. The average molecular weight is 260 g/mol. The minimum Gasteiger partial charge on any atom is -0.497 e. The van der Waals surface area contributed by atoms with Crippen molar-refractivity contribution < 1.29 is 9.47 Å². The van der Waals surface area contributed by atoms with E-state index >= 15 is 0 Å². The normalized spacial score (nSPS) is 12.0. The Balaban J connectivity index is 5.06. The van der Waals surface area contributed by atoms with E-state index in [1.807, 2.05) is 26.0 Å². The Bertz CT molecular complexity index is 448. The lowest BCUT2D eigenvalue weighted by Gasteiger charge is -2.11. The fraction of sp³-hybridized carbons (Fsp3) is 0.294. The molecular weight excluding hydrogens is 236 g/mol. The molecule has 0 bridgehead atoms. The Morgan fingerprint density at radius 3 is 2.00 bits per heavy atom. The molecule has 0 aromatic carbocycles. The SMILES string of the molecule is C=C(/C=C(/C)C(=C)C(=C)/C=C(/COC)C(=C)C)OC. The standard InChI is InChI=1S/C17H24O2/c1-12(2)17(11-18-7)10-14(4)16(6)13(3)9-15(5)19-8/h9-10H,1,4-6,11H2,2-3,7-8H3/b13-9-,17-10-. The summed E-state index contributed by atoms with van der Waals surface area (Å²) in [6.45, 7) is 20.1. The Morgan fingerprint density at radius 1 is 1.00 bits per heavy atom. The first-order chi connectivity index (χ1) is 8.83. The van der Waals surface area contributed by atoms with Crippen molar-refractivity contribution in [2.45, 2.75) is 13.8 Å². The monoisotopic (exact) mass is 260 g/mol. The number of methoxy groups -OCH3 is 2. The maximum absolute atomic E-state index is 5.14. The van der Waals surface area contributed by atoms with Crippen molar-refractivity contribution in [2.24, 2.45) is 0 Å². The van der Waals surface area contributed by atoms with Crippen molar-refractivity contribution in [1.29, 1.82) is 0 Å². The molecule has 0 saturated heterocycles. The van der Waals surface area contributed by atoms with Gasteiger partial charge in [0.15, 0.2) is 0 Å². The van der Waals surface area contributed by atoms with E-state index in [4.69, 9.17) is 9.47 Å². The van der Waals surface area contributed by atoms with Crippen LogP contribution < -0.4 is 0 Å². The van der Waals surface area contributed by atoms with Gasteiger partial charge >= 0.3 is 0 Å². The van der Waals surface area contributed by atoms with Gasteiger partial charge in [0, 0.05) is 7.11 Å². The Labute approximate surface area is 117 Å². The zero-order chi connectivity index (χ0) is 15.0. The predicted molar refractivity (Wildman–Crippen MR) is 83.0 cm³/mol. The number of hydrogen-bond acceptors (Lipinski definition) is 2. The fourth-order valence-corrected chi connectivity index (χ4v) is 1.38. The molecule has 104 valence electrons. The molecule has 0 rings (SSSR count). The molecule has 0 atom stereocenters. The van der Waals surface area contributed by atoms with Crippen LogP contribution in [0.2, 0.25) is 0 Å². The van der Waals surface area contributed by atoms with Crippen molar-refractivity contribution in [3.63, 3.8) is 0 Å². The fourth-order valence-electron chi connectivity index (χ4n) is 1.38. The topological polar surface area (TPSA) is 18.5 Å². The number of allylic oxidation sites excluding steroid dienone is 5. The summed E-state index contributed by atoms with van der Waals surface area (Å²) in [6, 6.07) is 0. The van der Waals surface area contributed by atoms with Gasteiger partial charge in [-0.15, -0.1) is 0 Å². The maximum atomic E-state index is 5.14. The summed E-state index contributed by atoms with van der Waals surface area (Å²) < 4.78 is 10.2. The van der Waals surface area contributed by atoms with Crippen molar-refractivity contribution in [3.8, 4) is 0 Å². The van der Waals surface area contributed by atoms with E-state index in [1.54, 1.807) is 14.2 Å². The molecule has 2 heteroatoms. The van der Waals surface area contributed by atoms with E-state index in [2.05, 4.69) is 26.3 Å². The lowest BCUT2D eigenvalue weighted by Crippen LogP contribution is -1.97. The summed E-state index contributed by atoms with van der Waals surface area (Å²) in [5.74, 6) is 0.590. The summed E-state index contributed by atoms with van der Waals surface area (Å²) in [5.41, 5.74) is 4.60. The van der Waals surface area contributed by atoms with Crippen LogP contribution in [0.15, 0.2) is 72.1 Å².